The van der Waals surface area contributed by atoms with Gasteiger partial charge in [0.2, 0.25) is 0 Å². The summed E-state index contributed by atoms with van der Waals surface area (Å²) in [7, 11) is -1.10. The van der Waals surface area contributed by atoms with E-state index in [-0.39, 0.29) is 3.83 Å². The van der Waals surface area contributed by atoms with Gasteiger partial charge in [0.05, 0.1) is 0 Å². The summed E-state index contributed by atoms with van der Waals surface area (Å²) in [6.45, 7) is 1.92. The zero-order chi connectivity index (χ0) is 7.65. The molecule has 0 aliphatic carbocycles. The maximum absolute atomic E-state index is 8.76. The molecule has 0 rings (SSSR count). The van der Waals surface area contributed by atoms with E-state index in [1.165, 1.54) is 0 Å². The third-order valence-corrected chi connectivity index (χ3v) is 10.5. The van der Waals surface area contributed by atoms with Crippen LogP contribution in [0.15, 0.2) is 0 Å². The molecule has 0 saturated carbocycles. The van der Waals surface area contributed by atoms with Crippen molar-refractivity contribution in [2.45, 2.75) is 25.6 Å². The van der Waals surface area contributed by atoms with Crippen LogP contribution in [0.2, 0.25) is 18.7 Å². The molecule has 2 nitrogen and oxygen atoms in total. The van der Waals surface area contributed by atoms with E-state index in [0.717, 1.165) is 0 Å². The summed E-state index contributed by atoms with van der Waals surface area (Å²) < 4.78 is 0.138. The molecule has 0 amide bonds. The second-order valence-corrected chi connectivity index (χ2v) is 19.7. The summed E-state index contributed by atoms with van der Waals surface area (Å²) in [4.78, 5) is 6.58. The molecule has 1 unspecified atom stereocenters. The van der Waals surface area contributed by atoms with Gasteiger partial charge in [0.15, 0.2) is 0 Å². The predicted molar refractivity (Wildman–Crippen MR) is 43.0 cm³/mol. The maximum atomic E-state index is 8.76. The summed E-state index contributed by atoms with van der Waals surface area (Å²) in [5, 5.41) is 17.5. The standard InChI is InChI=1S/C2H6BO2.3CH3.Sn/c1-2-3(4)5;;;;/h2,4-5H,1H3;3*1H3;. The van der Waals surface area contributed by atoms with Crippen molar-refractivity contribution in [3.8, 4) is 0 Å². The molecule has 54 valence electrons. The first-order chi connectivity index (χ1) is 3.85. The van der Waals surface area contributed by atoms with Gasteiger partial charge in [-0.25, -0.2) is 0 Å². The molecular formula is C5H15BO2Sn. The van der Waals surface area contributed by atoms with Gasteiger partial charge in [0.1, 0.15) is 0 Å². The Morgan fingerprint density at radius 3 is 1.56 bits per heavy atom. The summed E-state index contributed by atoms with van der Waals surface area (Å²) in [6, 6.07) is 0. The quantitative estimate of drug-likeness (QED) is 0.694. The van der Waals surface area contributed by atoms with Crippen LogP contribution in [-0.4, -0.2) is 35.5 Å². The minimum absolute atomic E-state index is 0.138. The van der Waals surface area contributed by atoms with Gasteiger partial charge in [-0.05, 0) is 0 Å². The second kappa shape index (κ2) is 3.26. The number of rotatable bonds is 2. The Bertz CT molecular complexity index is 89.4. The van der Waals surface area contributed by atoms with Crippen LogP contribution < -0.4 is 0 Å². The van der Waals surface area contributed by atoms with E-state index in [2.05, 4.69) is 14.8 Å². The van der Waals surface area contributed by atoms with Crippen LogP contribution >= 0.6 is 0 Å². The zero-order valence-corrected chi connectivity index (χ0v) is 9.40. The molecular weight excluding hydrogens is 222 g/mol. The topological polar surface area (TPSA) is 40.5 Å². The van der Waals surface area contributed by atoms with Crippen molar-refractivity contribution in [2.24, 2.45) is 0 Å². The van der Waals surface area contributed by atoms with Crippen LogP contribution in [0.25, 0.3) is 0 Å². The van der Waals surface area contributed by atoms with Crippen LogP contribution in [0.3, 0.4) is 0 Å². The van der Waals surface area contributed by atoms with Crippen LogP contribution in [-0.2, 0) is 0 Å². The van der Waals surface area contributed by atoms with Gasteiger partial charge >= 0.3 is 61.1 Å². The van der Waals surface area contributed by atoms with Gasteiger partial charge in [-0.1, -0.05) is 0 Å². The molecule has 0 bridgehead atoms. The summed E-state index contributed by atoms with van der Waals surface area (Å²) in [5.41, 5.74) is 0. The van der Waals surface area contributed by atoms with Gasteiger partial charge in [-0.2, -0.15) is 0 Å². The summed E-state index contributed by atoms with van der Waals surface area (Å²) in [5.74, 6) is 0. The summed E-state index contributed by atoms with van der Waals surface area (Å²) >= 11 is -1.99. The molecule has 0 aliphatic heterocycles. The molecule has 9 heavy (non-hydrogen) atoms. The molecule has 0 fully saturated rings. The molecule has 1 atom stereocenters. The second-order valence-electron chi connectivity index (χ2n) is 3.57. The SMILES string of the molecule is C[CH](B(O)O)[Sn]([CH3])([CH3])[CH3]. The van der Waals surface area contributed by atoms with Crippen molar-refractivity contribution in [1.82, 2.24) is 0 Å². The molecule has 0 aromatic carbocycles. The van der Waals surface area contributed by atoms with Crippen molar-refractivity contribution in [2.75, 3.05) is 0 Å². The molecule has 2 N–H and O–H groups in total. The van der Waals surface area contributed by atoms with Crippen LogP contribution in [0.4, 0.5) is 0 Å². The van der Waals surface area contributed by atoms with Gasteiger partial charge in [0, 0.05) is 0 Å². The number of hydrogen-bond donors (Lipinski definition) is 2. The molecule has 0 radical (unpaired) electrons. The van der Waals surface area contributed by atoms with Crippen LogP contribution in [0.1, 0.15) is 6.92 Å². The van der Waals surface area contributed by atoms with Crippen LogP contribution in [0, 0.1) is 0 Å². The molecule has 0 heterocycles. The Balaban J connectivity index is 3.88. The minimum atomic E-state index is -1.99. The molecule has 0 aliphatic rings. The van der Waals surface area contributed by atoms with Gasteiger partial charge in [-0.3, -0.25) is 0 Å². The van der Waals surface area contributed by atoms with E-state index in [1.807, 2.05) is 6.92 Å². The van der Waals surface area contributed by atoms with E-state index in [1.54, 1.807) is 0 Å². The molecule has 0 saturated heterocycles. The number of hydrogen-bond acceptors (Lipinski definition) is 2. The predicted octanol–water partition coefficient (Wildman–Crippen LogP) is 0.727. The third-order valence-electron chi connectivity index (χ3n) is 1.81. The Kier molecular flexibility index (Phi) is 3.54. The van der Waals surface area contributed by atoms with E-state index < -0.39 is 25.5 Å². The molecule has 0 aromatic heterocycles. The van der Waals surface area contributed by atoms with E-state index in [9.17, 15) is 0 Å². The van der Waals surface area contributed by atoms with Crippen molar-refractivity contribution in [3.63, 3.8) is 0 Å². The third kappa shape index (κ3) is 3.48. The molecule has 0 spiro atoms. The van der Waals surface area contributed by atoms with Gasteiger partial charge < -0.3 is 0 Å². The van der Waals surface area contributed by atoms with Gasteiger partial charge in [0.25, 0.3) is 0 Å². The first-order valence-corrected chi connectivity index (χ1v) is 13.4. The Hall–Kier alpha value is 0.784. The average Bonchev–Trinajstić information content (AvgIpc) is 1.62. The van der Waals surface area contributed by atoms with Crippen molar-refractivity contribution in [1.29, 1.82) is 0 Å². The van der Waals surface area contributed by atoms with E-state index in [0.29, 0.717) is 0 Å². The Morgan fingerprint density at radius 2 is 1.56 bits per heavy atom. The van der Waals surface area contributed by atoms with E-state index in [4.69, 9.17) is 10.0 Å². The van der Waals surface area contributed by atoms with Gasteiger partial charge in [-0.15, -0.1) is 0 Å². The monoisotopic (exact) mass is 238 g/mol. The van der Waals surface area contributed by atoms with Crippen LogP contribution in [0.5, 0.6) is 0 Å². The fourth-order valence-electron chi connectivity index (χ4n) is 0.447. The van der Waals surface area contributed by atoms with Crippen molar-refractivity contribution in [3.05, 3.63) is 0 Å². The van der Waals surface area contributed by atoms with E-state index >= 15 is 0 Å². The fourth-order valence-corrected chi connectivity index (χ4v) is 3.00. The zero-order valence-electron chi connectivity index (χ0n) is 6.55. The van der Waals surface area contributed by atoms with Crippen molar-refractivity contribution < 1.29 is 10.0 Å². The fraction of sp³-hybridized carbons (Fsp3) is 1.00. The normalized spacial score (nSPS) is 15.3. The van der Waals surface area contributed by atoms with Crippen molar-refractivity contribution >= 4 is 25.5 Å². The Labute approximate surface area is 61.3 Å². The first-order valence-electron chi connectivity index (χ1n) is 3.22. The summed E-state index contributed by atoms with van der Waals surface area (Å²) in [6.07, 6.45) is 0. The molecule has 4 heteroatoms. The molecule has 0 aromatic rings. The average molecular weight is 237 g/mol. The first kappa shape index (κ1) is 9.78. The Morgan fingerprint density at radius 1 is 1.22 bits per heavy atom.